The van der Waals surface area contributed by atoms with Crippen molar-refractivity contribution in [1.82, 2.24) is 19.7 Å². The molecule has 8 heteroatoms. The van der Waals surface area contributed by atoms with E-state index in [4.69, 9.17) is 5.73 Å². The second-order valence-corrected chi connectivity index (χ2v) is 7.00. The van der Waals surface area contributed by atoms with Crippen LogP contribution in [0.2, 0.25) is 0 Å². The van der Waals surface area contributed by atoms with Gasteiger partial charge in [-0.25, -0.2) is 9.67 Å². The molecule has 0 radical (unpaired) electrons. The highest BCUT2D eigenvalue weighted by Gasteiger charge is 2.13. The Kier molecular flexibility index (Phi) is 4.81. The first-order valence-corrected chi connectivity index (χ1v) is 9.32. The molecule has 27 heavy (non-hydrogen) atoms. The summed E-state index contributed by atoms with van der Waals surface area (Å²) in [6.07, 6.45) is 10.3. The van der Waals surface area contributed by atoms with E-state index in [0.29, 0.717) is 5.03 Å². The van der Waals surface area contributed by atoms with Gasteiger partial charge in [0.15, 0.2) is 0 Å². The number of carbonyl (C=O) groups is 1. The largest absolute Gasteiger partial charge is 0.366 e. The highest BCUT2D eigenvalue weighted by molar-refractivity contribution is 7.90. The average Bonchev–Trinajstić information content (AvgIpc) is 3.12. The molecule has 1 fully saturated rings. The average molecular weight is 380 g/mol. The molecule has 1 saturated heterocycles. The summed E-state index contributed by atoms with van der Waals surface area (Å²) in [5, 5.41) is 5.57. The number of nitrogens with two attached hydrogens (primary N) is 1. The van der Waals surface area contributed by atoms with E-state index in [2.05, 4.69) is 32.6 Å². The summed E-state index contributed by atoms with van der Waals surface area (Å²) in [7, 11) is 0. The minimum Gasteiger partial charge on any atom is -0.366 e. The number of nitrogens with zero attached hydrogens (tertiary/aromatic N) is 5. The first-order chi connectivity index (χ1) is 13.1. The lowest BCUT2D eigenvalue weighted by molar-refractivity contribution is -0.113. The van der Waals surface area contributed by atoms with Gasteiger partial charge >= 0.3 is 0 Å². The first kappa shape index (κ1) is 17.5. The first-order valence-electron chi connectivity index (χ1n) is 8.87. The van der Waals surface area contributed by atoms with Crippen molar-refractivity contribution in [3.8, 4) is 11.3 Å². The lowest BCUT2D eigenvalue weighted by Gasteiger charge is -2.27. The number of anilines is 1. The van der Waals surface area contributed by atoms with E-state index in [1.54, 1.807) is 10.9 Å². The van der Waals surface area contributed by atoms with Gasteiger partial charge in [0.05, 0.1) is 29.8 Å². The lowest BCUT2D eigenvalue weighted by atomic mass is 10.1. The summed E-state index contributed by atoms with van der Waals surface area (Å²) in [5.41, 5.74) is 7.79. The fourth-order valence-corrected chi connectivity index (χ4v) is 3.61. The van der Waals surface area contributed by atoms with Crippen molar-refractivity contribution in [2.75, 3.05) is 18.0 Å². The molecule has 0 saturated carbocycles. The standard InChI is InChI=1S/C19H20N6OS/c20-17(26)9-19(27)25-16-5-4-13(8-14(16)10-23-25)15-11-22-18(12-21-15)24-6-2-1-3-7-24/h4-5,8-12,27H,1-3,6-7H2,(H2,20,26)/b19-9-. The lowest BCUT2D eigenvalue weighted by Crippen LogP contribution is -2.30. The molecule has 0 unspecified atom stereocenters. The third-order valence-electron chi connectivity index (χ3n) is 4.67. The van der Waals surface area contributed by atoms with E-state index in [9.17, 15) is 4.79 Å². The van der Waals surface area contributed by atoms with Gasteiger partial charge < -0.3 is 10.6 Å². The number of thiol groups is 1. The molecule has 3 heterocycles. The van der Waals surface area contributed by atoms with Crippen molar-refractivity contribution in [2.45, 2.75) is 19.3 Å². The molecular formula is C19H20N6OS. The molecule has 1 aromatic carbocycles. The summed E-state index contributed by atoms with van der Waals surface area (Å²) < 4.78 is 1.57. The molecule has 138 valence electrons. The number of rotatable bonds is 4. The van der Waals surface area contributed by atoms with Crippen molar-refractivity contribution in [3.05, 3.63) is 42.9 Å². The van der Waals surface area contributed by atoms with E-state index in [-0.39, 0.29) is 0 Å². The molecule has 1 aliphatic rings. The maximum absolute atomic E-state index is 11.1. The Morgan fingerprint density at radius 3 is 2.63 bits per heavy atom. The van der Waals surface area contributed by atoms with Crippen LogP contribution < -0.4 is 10.6 Å². The number of benzene rings is 1. The van der Waals surface area contributed by atoms with Crippen LogP contribution in [-0.2, 0) is 4.79 Å². The molecule has 2 N–H and O–H groups in total. The fraction of sp³-hybridized carbons (Fsp3) is 0.263. The highest BCUT2D eigenvalue weighted by Crippen LogP contribution is 2.26. The van der Waals surface area contributed by atoms with Crippen molar-refractivity contribution < 1.29 is 4.79 Å². The molecule has 1 amide bonds. The predicted octanol–water partition coefficient (Wildman–Crippen LogP) is 2.70. The number of fused-ring (bicyclic) bond motifs is 1. The van der Waals surface area contributed by atoms with E-state index in [1.165, 1.54) is 25.3 Å². The van der Waals surface area contributed by atoms with Crippen LogP contribution in [0.3, 0.4) is 0 Å². The normalized spacial score (nSPS) is 15.3. The maximum atomic E-state index is 11.1. The zero-order chi connectivity index (χ0) is 18.8. The SMILES string of the molecule is NC(=O)/C=C(\S)n1ncc2cc(-c3cnc(N4CCCCC4)cn3)ccc21. The molecule has 1 aliphatic heterocycles. The minimum absolute atomic E-state index is 0.371. The Balaban J connectivity index is 1.61. The third kappa shape index (κ3) is 3.66. The van der Waals surface area contributed by atoms with Gasteiger partial charge in [0, 0.05) is 30.1 Å². The molecule has 0 spiro atoms. The van der Waals surface area contributed by atoms with Gasteiger partial charge in [-0.2, -0.15) is 5.10 Å². The van der Waals surface area contributed by atoms with Gasteiger partial charge in [0.2, 0.25) is 5.91 Å². The molecule has 3 aromatic rings. The van der Waals surface area contributed by atoms with Crippen LogP contribution in [0, 0.1) is 0 Å². The number of amides is 1. The van der Waals surface area contributed by atoms with Crippen molar-refractivity contribution >= 4 is 40.3 Å². The zero-order valence-electron chi connectivity index (χ0n) is 14.7. The molecule has 2 aromatic heterocycles. The van der Waals surface area contributed by atoms with Gasteiger partial charge in [-0.1, -0.05) is 6.07 Å². The second kappa shape index (κ2) is 7.40. The highest BCUT2D eigenvalue weighted by atomic mass is 32.1. The molecule has 4 rings (SSSR count). The summed E-state index contributed by atoms with van der Waals surface area (Å²) >= 11 is 4.29. The molecule has 0 bridgehead atoms. The number of carbonyl (C=O) groups excluding carboxylic acids is 1. The summed E-state index contributed by atoms with van der Waals surface area (Å²) in [5.74, 6) is 0.369. The number of aromatic nitrogens is 4. The van der Waals surface area contributed by atoms with Gasteiger partial charge in [0.1, 0.15) is 10.8 Å². The van der Waals surface area contributed by atoms with Gasteiger partial charge in [0.25, 0.3) is 0 Å². The van der Waals surface area contributed by atoms with Crippen LogP contribution in [0.4, 0.5) is 5.82 Å². The van der Waals surface area contributed by atoms with E-state index >= 15 is 0 Å². The van der Waals surface area contributed by atoms with Crippen LogP contribution in [0.25, 0.3) is 27.2 Å². The van der Waals surface area contributed by atoms with Crippen molar-refractivity contribution in [3.63, 3.8) is 0 Å². The van der Waals surface area contributed by atoms with E-state index in [0.717, 1.165) is 41.1 Å². The maximum Gasteiger partial charge on any atom is 0.244 e. The minimum atomic E-state index is -0.565. The number of hydrogen-bond donors (Lipinski definition) is 2. The summed E-state index contributed by atoms with van der Waals surface area (Å²) in [6, 6.07) is 5.87. The van der Waals surface area contributed by atoms with Crippen LogP contribution in [0.1, 0.15) is 19.3 Å². The number of hydrogen-bond acceptors (Lipinski definition) is 6. The smallest absolute Gasteiger partial charge is 0.244 e. The van der Waals surface area contributed by atoms with E-state index in [1.807, 2.05) is 30.6 Å². The summed E-state index contributed by atoms with van der Waals surface area (Å²) in [4.78, 5) is 22.5. The van der Waals surface area contributed by atoms with E-state index < -0.39 is 5.91 Å². The van der Waals surface area contributed by atoms with Crippen LogP contribution in [0.5, 0.6) is 0 Å². The van der Waals surface area contributed by atoms with Gasteiger partial charge in [-0.3, -0.25) is 9.78 Å². The van der Waals surface area contributed by atoms with Crippen molar-refractivity contribution in [2.24, 2.45) is 5.73 Å². The van der Waals surface area contributed by atoms with Crippen LogP contribution in [0.15, 0.2) is 42.9 Å². The topological polar surface area (TPSA) is 89.9 Å². The summed E-state index contributed by atoms with van der Waals surface area (Å²) in [6.45, 7) is 2.09. The monoisotopic (exact) mass is 380 g/mol. The second-order valence-electron chi connectivity index (χ2n) is 6.54. The third-order valence-corrected chi connectivity index (χ3v) is 4.99. The van der Waals surface area contributed by atoms with Crippen LogP contribution in [-0.4, -0.2) is 38.7 Å². The Morgan fingerprint density at radius 2 is 1.93 bits per heavy atom. The Morgan fingerprint density at radius 1 is 1.11 bits per heavy atom. The fourth-order valence-electron chi connectivity index (χ4n) is 3.32. The Labute approximate surface area is 162 Å². The molecular weight excluding hydrogens is 360 g/mol. The number of primary amides is 1. The van der Waals surface area contributed by atoms with Gasteiger partial charge in [-0.05, 0) is 31.4 Å². The Bertz CT molecular complexity index is 1000. The molecule has 0 aliphatic carbocycles. The molecule has 0 atom stereocenters. The number of piperidine rings is 1. The molecule has 7 nitrogen and oxygen atoms in total. The van der Waals surface area contributed by atoms with Crippen LogP contribution >= 0.6 is 12.6 Å². The van der Waals surface area contributed by atoms with Gasteiger partial charge in [-0.15, -0.1) is 12.6 Å². The predicted molar refractivity (Wildman–Crippen MR) is 109 cm³/mol. The zero-order valence-corrected chi connectivity index (χ0v) is 15.6. The van der Waals surface area contributed by atoms with Crippen molar-refractivity contribution in [1.29, 1.82) is 0 Å². The Hall–Kier alpha value is -2.87. The quantitative estimate of drug-likeness (QED) is 0.536.